The van der Waals surface area contributed by atoms with Crippen molar-refractivity contribution in [2.24, 2.45) is 17.3 Å². The molecule has 0 spiro atoms. The van der Waals surface area contributed by atoms with Gasteiger partial charge in [-0.3, -0.25) is 4.79 Å². The van der Waals surface area contributed by atoms with Crippen LogP contribution in [0.25, 0.3) is 0 Å². The van der Waals surface area contributed by atoms with E-state index in [0.717, 1.165) is 38.5 Å². The molecule has 2 heterocycles. The van der Waals surface area contributed by atoms with Gasteiger partial charge in [0.1, 0.15) is 0 Å². The highest BCUT2D eigenvalue weighted by Gasteiger charge is 2.38. The smallest absolute Gasteiger partial charge is 0.228 e. The second kappa shape index (κ2) is 5.57. The van der Waals surface area contributed by atoms with Crippen molar-refractivity contribution in [1.29, 1.82) is 0 Å². The van der Waals surface area contributed by atoms with Crippen molar-refractivity contribution in [3.8, 4) is 0 Å². The summed E-state index contributed by atoms with van der Waals surface area (Å²) < 4.78 is 0. The summed E-state index contributed by atoms with van der Waals surface area (Å²) in [5.74, 6) is 1.86. The summed E-state index contributed by atoms with van der Waals surface area (Å²) in [6, 6.07) is 0. The van der Waals surface area contributed by atoms with Gasteiger partial charge < -0.3 is 10.2 Å². The van der Waals surface area contributed by atoms with E-state index >= 15 is 0 Å². The van der Waals surface area contributed by atoms with E-state index in [9.17, 15) is 4.79 Å². The van der Waals surface area contributed by atoms with Crippen LogP contribution >= 0.6 is 12.4 Å². The molecule has 0 aromatic heterocycles. The second-order valence-electron chi connectivity index (χ2n) is 5.96. The lowest BCUT2D eigenvalue weighted by atomic mass is 9.84. The molecule has 1 N–H and O–H groups in total. The molecule has 3 nitrogen and oxygen atoms in total. The third kappa shape index (κ3) is 2.94. The highest BCUT2D eigenvalue weighted by Crippen LogP contribution is 2.30. The van der Waals surface area contributed by atoms with Gasteiger partial charge >= 0.3 is 0 Å². The summed E-state index contributed by atoms with van der Waals surface area (Å²) in [5, 5.41) is 3.44. The number of likely N-dealkylation sites (tertiary alicyclic amines) is 1. The van der Waals surface area contributed by atoms with Gasteiger partial charge in [-0.05, 0) is 37.8 Å². The molecule has 17 heavy (non-hydrogen) atoms. The molecule has 2 aliphatic rings. The molecular formula is C13H25ClN2O. The molecule has 2 atom stereocenters. The van der Waals surface area contributed by atoms with Crippen LogP contribution in [0.2, 0.25) is 0 Å². The van der Waals surface area contributed by atoms with Crippen molar-refractivity contribution < 1.29 is 4.79 Å². The largest absolute Gasteiger partial charge is 0.342 e. The third-order valence-electron chi connectivity index (χ3n) is 4.45. The number of hydrogen-bond donors (Lipinski definition) is 1. The number of rotatable bonds is 2. The number of piperidine rings is 1. The maximum atomic E-state index is 12.3. The fraction of sp³-hybridized carbons (Fsp3) is 0.923. The van der Waals surface area contributed by atoms with E-state index in [0.29, 0.717) is 11.8 Å². The van der Waals surface area contributed by atoms with Crippen molar-refractivity contribution in [1.82, 2.24) is 10.2 Å². The SMILES string of the molecule is CCC(C)(C)C(=O)N1CCC2CNCC2C1.Cl. The summed E-state index contributed by atoms with van der Waals surface area (Å²) in [6.07, 6.45) is 2.11. The van der Waals surface area contributed by atoms with Gasteiger partial charge in [0.05, 0.1) is 0 Å². The molecule has 100 valence electrons. The lowest BCUT2D eigenvalue weighted by Gasteiger charge is -2.38. The predicted molar refractivity (Wildman–Crippen MR) is 72.4 cm³/mol. The minimum absolute atomic E-state index is 0. The van der Waals surface area contributed by atoms with E-state index < -0.39 is 0 Å². The maximum Gasteiger partial charge on any atom is 0.228 e. The lowest BCUT2D eigenvalue weighted by molar-refractivity contribution is -0.142. The zero-order valence-electron chi connectivity index (χ0n) is 11.2. The molecular weight excluding hydrogens is 236 g/mol. The lowest BCUT2D eigenvalue weighted by Crippen LogP contribution is -2.48. The first-order valence-corrected chi connectivity index (χ1v) is 6.54. The Hall–Kier alpha value is -0.280. The molecule has 0 aromatic carbocycles. The molecule has 2 fully saturated rings. The fourth-order valence-electron chi connectivity index (χ4n) is 2.80. The zero-order valence-corrected chi connectivity index (χ0v) is 12.0. The van der Waals surface area contributed by atoms with Gasteiger partial charge in [-0.1, -0.05) is 20.8 Å². The fourth-order valence-corrected chi connectivity index (χ4v) is 2.80. The van der Waals surface area contributed by atoms with Gasteiger partial charge in [-0.25, -0.2) is 0 Å². The first-order valence-electron chi connectivity index (χ1n) is 6.54. The monoisotopic (exact) mass is 260 g/mol. The van der Waals surface area contributed by atoms with Crippen molar-refractivity contribution in [2.45, 2.75) is 33.6 Å². The van der Waals surface area contributed by atoms with Crippen LogP contribution in [0, 0.1) is 17.3 Å². The van der Waals surface area contributed by atoms with E-state index in [1.54, 1.807) is 0 Å². The van der Waals surface area contributed by atoms with Crippen molar-refractivity contribution in [3.05, 3.63) is 0 Å². The highest BCUT2D eigenvalue weighted by molar-refractivity contribution is 5.85. The molecule has 2 unspecified atom stereocenters. The number of carbonyl (C=O) groups excluding carboxylic acids is 1. The first-order chi connectivity index (χ1) is 7.54. The molecule has 0 bridgehead atoms. The summed E-state index contributed by atoms with van der Waals surface area (Å²) in [6.45, 7) is 10.4. The minimum atomic E-state index is -0.182. The van der Waals surface area contributed by atoms with Gasteiger partial charge in [0, 0.05) is 18.5 Å². The number of nitrogens with zero attached hydrogens (tertiary/aromatic N) is 1. The minimum Gasteiger partial charge on any atom is -0.342 e. The Morgan fingerprint density at radius 3 is 2.65 bits per heavy atom. The van der Waals surface area contributed by atoms with E-state index in [4.69, 9.17) is 0 Å². The maximum absolute atomic E-state index is 12.3. The van der Waals surface area contributed by atoms with Gasteiger partial charge in [-0.2, -0.15) is 0 Å². The molecule has 1 amide bonds. The topological polar surface area (TPSA) is 32.3 Å². The van der Waals surface area contributed by atoms with Crippen molar-refractivity contribution in [2.75, 3.05) is 26.2 Å². The summed E-state index contributed by atoms with van der Waals surface area (Å²) >= 11 is 0. The number of fused-ring (bicyclic) bond motifs is 1. The number of amides is 1. The number of hydrogen-bond acceptors (Lipinski definition) is 2. The van der Waals surface area contributed by atoms with Gasteiger partial charge in [-0.15, -0.1) is 12.4 Å². The predicted octanol–water partition coefficient (Wildman–Crippen LogP) is 1.91. The van der Waals surface area contributed by atoms with Crippen LogP contribution in [0.1, 0.15) is 33.6 Å². The second-order valence-corrected chi connectivity index (χ2v) is 5.96. The molecule has 2 rings (SSSR count). The van der Waals surface area contributed by atoms with Crippen LogP contribution in [0.3, 0.4) is 0 Å². The van der Waals surface area contributed by atoms with E-state index in [1.807, 2.05) is 0 Å². The average Bonchev–Trinajstić information content (AvgIpc) is 2.74. The van der Waals surface area contributed by atoms with Crippen LogP contribution in [0.15, 0.2) is 0 Å². The standard InChI is InChI=1S/C13H24N2O.ClH/c1-4-13(2,3)12(16)15-6-5-10-7-14-8-11(10)9-15;/h10-11,14H,4-9H2,1-3H3;1H. The molecule has 0 aliphatic carbocycles. The van der Waals surface area contributed by atoms with E-state index in [1.165, 1.54) is 6.42 Å². The zero-order chi connectivity index (χ0) is 11.8. The highest BCUT2D eigenvalue weighted by atomic mass is 35.5. The Balaban J connectivity index is 0.00000144. The molecule has 2 aliphatic heterocycles. The molecule has 0 aromatic rings. The normalized spacial score (nSPS) is 28.5. The Morgan fingerprint density at radius 1 is 1.35 bits per heavy atom. The number of halogens is 1. The van der Waals surface area contributed by atoms with Crippen molar-refractivity contribution in [3.63, 3.8) is 0 Å². The number of carbonyl (C=O) groups is 1. The first kappa shape index (κ1) is 14.8. The molecule has 4 heteroatoms. The van der Waals surface area contributed by atoms with Crippen molar-refractivity contribution >= 4 is 18.3 Å². The number of nitrogens with one attached hydrogen (secondary N) is 1. The summed E-state index contributed by atoms with van der Waals surface area (Å²) in [4.78, 5) is 14.4. The van der Waals surface area contributed by atoms with Gasteiger partial charge in [0.25, 0.3) is 0 Å². The summed E-state index contributed by atoms with van der Waals surface area (Å²) in [5.41, 5.74) is -0.182. The Labute approximate surface area is 111 Å². The van der Waals surface area contributed by atoms with E-state index in [2.05, 4.69) is 31.0 Å². The summed E-state index contributed by atoms with van der Waals surface area (Å²) in [7, 11) is 0. The molecule has 0 radical (unpaired) electrons. The molecule has 2 saturated heterocycles. The van der Waals surface area contributed by atoms with Gasteiger partial charge in [0.2, 0.25) is 5.91 Å². The van der Waals surface area contributed by atoms with Crippen LogP contribution < -0.4 is 5.32 Å². The van der Waals surface area contributed by atoms with Gasteiger partial charge in [0.15, 0.2) is 0 Å². The quantitative estimate of drug-likeness (QED) is 0.823. The van der Waals surface area contributed by atoms with E-state index in [-0.39, 0.29) is 17.8 Å². The van der Waals surface area contributed by atoms with Crippen LogP contribution in [0.4, 0.5) is 0 Å². The average molecular weight is 261 g/mol. The molecule has 0 saturated carbocycles. The third-order valence-corrected chi connectivity index (χ3v) is 4.45. The van der Waals surface area contributed by atoms with Crippen LogP contribution in [-0.2, 0) is 4.79 Å². The Morgan fingerprint density at radius 2 is 2.00 bits per heavy atom. The Bertz CT molecular complexity index is 281. The Kier molecular flexibility index (Phi) is 4.85. The van der Waals surface area contributed by atoms with Crippen LogP contribution in [-0.4, -0.2) is 37.0 Å². The van der Waals surface area contributed by atoms with Crippen LogP contribution in [0.5, 0.6) is 0 Å².